The number of aromatic nitrogens is 3. The van der Waals surface area contributed by atoms with Crippen LogP contribution in [-0.4, -0.2) is 21.1 Å². The third kappa shape index (κ3) is 4.75. The summed E-state index contributed by atoms with van der Waals surface area (Å²) in [6.07, 6.45) is 2.19. The number of ether oxygens (including phenoxy) is 1. The first-order valence-electron chi connectivity index (χ1n) is 8.60. The van der Waals surface area contributed by atoms with Crippen LogP contribution in [-0.2, 0) is 22.6 Å². The lowest BCUT2D eigenvalue weighted by molar-refractivity contribution is -0.145. The molecule has 0 radical (unpaired) electrons. The van der Waals surface area contributed by atoms with Gasteiger partial charge in [0.15, 0.2) is 0 Å². The van der Waals surface area contributed by atoms with Gasteiger partial charge in [0.25, 0.3) is 0 Å². The maximum Gasteiger partial charge on any atom is 0.306 e. The molecule has 2 aromatic heterocycles. The summed E-state index contributed by atoms with van der Waals surface area (Å²) in [5.41, 5.74) is 2.87. The zero-order valence-electron chi connectivity index (χ0n) is 14.9. The highest BCUT2D eigenvalue weighted by Gasteiger charge is 2.12. The van der Waals surface area contributed by atoms with Gasteiger partial charge < -0.3 is 9.26 Å². The summed E-state index contributed by atoms with van der Waals surface area (Å²) < 4.78 is 10.5. The number of benzene rings is 1. The molecule has 6 heteroatoms. The van der Waals surface area contributed by atoms with Crippen molar-refractivity contribution in [1.82, 2.24) is 15.1 Å². The number of carbonyl (C=O) groups excluding carboxylic acids is 1. The summed E-state index contributed by atoms with van der Waals surface area (Å²) in [5, 5.41) is 3.88. The summed E-state index contributed by atoms with van der Waals surface area (Å²) in [6.45, 7) is 4.55. The van der Waals surface area contributed by atoms with Gasteiger partial charge in [-0.15, -0.1) is 0 Å². The first kappa shape index (κ1) is 17.8. The number of carbonyl (C=O) groups is 1. The Bertz CT molecular complexity index is 842. The highest BCUT2D eigenvalue weighted by Crippen LogP contribution is 2.16. The highest BCUT2D eigenvalue weighted by molar-refractivity contribution is 5.69. The number of hydrogen-bond donors (Lipinski definition) is 0. The van der Waals surface area contributed by atoms with Crippen molar-refractivity contribution in [3.05, 3.63) is 65.7 Å². The van der Waals surface area contributed by atoms with Crippen LogP contribution in [0.4, 0.5) is 0 Å². The van der Waals surface area contributed by atoms with Crippen molar-refractivity contribution >= 4 is 5.97 Å². The number of aryl methyl sites for hydroxylation is 1. The quantitative estimate of drug-likeness (QED) is 0.600. The Morgan fingerprint density at radius 1 is 1.15 bits per heavy atom. The minimum absolute atomic E-state index is 0.188. The second-order valence-corrected chi connectivity index (χ2v) is 6.28. The van der Waals surface area contributed by atoms with Crippen LogP contribution in [0.3, 0.4) is 0 Å². The monoisotopic (exact) mass is 351 g/mol. The Kier molecular flexibility index (Phi) is 5.73. The molecule has 3 aromatic rings. The Morgan fingerprint density at radius 2 is 1.96 bits per heavy atom. The molecule has 0 atom stereocenters. The van der Waals surface area contributed by atoms with Crippen LogP contribution in [0.2, 0.25) is 0 Å². The van der Waals surface area contributed by atoms with Gasteiger partial charge >= 0.3 is 5.97 Å². The molecule has 0 spiro atoms. The Balaban J connectivity index is 1.46. The molecule has 1 aromatic carbocycles. The summed E-state index contributed by atoms with van der Waals surface area (Å²) in [6, 6.07) is 13.6. The summed E-state index contributed by atoms with van der Waals surface area (Å²) in [7, 11) is 0. The molecular weight excluding hydrogens is 330 g/mol. The molecule has 0 fully saturated rings. The third-order valence-electron chi connectivity index (χ3n) is 3.95. The summed E-state index contributed by atoms with van der Waals surface area (Å²) in [4.78, 5) is 20.3. The maximum absolute atomic E-state index is 11.9. The van der Waals surface area contributed by atoms with Gasteiger partial charge in [0.1, 0.15) is 12.3 Å². The van der Waals surface area contributed by atoms with E-state index in [0.29, 0.717) is 29.7 Å². The number of hydrogen-bond acceptors (Lipinski definition) is 6. The fourth-order valence-corrected chi connectivity index (χ4v) is 2.40. The molecule has 0 aliphatic heterocycles. The van der Waals surface area contributed by atoms with Crippen molar-refractivity contribution in [2.75, 3.05) is 0 Å². The predicted octanol–water partition coefficient (Wildman–Crippen LogP) is 3.93. The van der Waals surface area contributed by atoms with E-state index in [-0.39, 0.29) is 19.0 Å². The van der Waals surface area contributed by atoms with Crippen LogP contribution in [0.5, 0.6) is 0 Å². The van der Waals surface area contributed by atoms with E-state index < -0.39 is 0 Å². The van der Waals surface area contributed by atoms with Gasteiger partial charge in [0.05, 0.1) is 6.42 Å². The molecule has 0 bridgehead atoms. The summed E-state index contributed by atoms with van der Waals surface area (Å²) >= 11 is 0. The van der Waals surface area contributed by atoms with E-state index in [4.69, 9.17) is 9.26 Å². The minimum atomic E-state index is -0.296. The zero-order valence-corrected chi connectivity index (χ0v) is 14.9. The maximum atomic E-state index is 11.9. The van der Waals surface area contributed by atoms with Crippen molar-refractivity contribution in [1.29, 1.82) is 0 Å². The molecule has 0 aliphatic rings. The second-order valence-electron chi connectivity index (χ2n) is 6.28. The predicted molar refractivity (Wildman–Crippen MR) is 96.2 cm³/mol. The molecule has 134 valence electrons. The number of nitrogens with zero attached hydrogens (tertiary/aromatic N) is 3. The lowest BCUT2D eigenvalue weighted by atomic mass is 10.0. The van der Waals surface area contributed by atoms with Gasteiger partial charge in [-0.2, -0.15) is 4.98 Å². The van der Waals surface area contributed by atoms with Crippen molar-refractivity contribution < 1.29 is 14.1 Å². The molecule has 2 heterocycles. The summed E-state index contributed by atoms with van der Waals surface area (Å²) in [5.74, 6) is 0.996. The molecule has 0 aliphatic carbocycles. The number of rotatable bonds is 7. The molecule has 26 heavy (non-hydrogen) atoms. The first-order chi connectivity index (χ1) is 12.6. The smallest absolute Gasteiger partial charge is 0.306 e. The first-order valence-corrected chi connectivity index (χ1v) is 8.60. The molecule has 6 nitrogen and oxygen atoms in total. The standard InChI is InChI=1S/C20H21N3O3/c1-14(2)16-8-6-15(7-9-16)13-25-19(24)11-10-18-22-20(23-26-18)17-5-3-4-12-21-17/h3-9,12,14H,10-11,13H2,1-2H3. The largest absolute Gasteiger partial charge is 0.461 e. The molecule has 0 N–H and O–H groups in total. The van der Waals surface area contributed by atoms with Crippen molar-refractivity contribution in [3.8, 4) is 11.5 Å². The van der Waals surface area contributed by atoms with E-state index in [1.807, 2.05) is 24.3 Å². The lowest BCUT2D eigenvalue weighted by Gasteiger charge is -2.07. The lowest BCUT2D eigenvalue weighted by Crippen LogP contribution is -2.06. The van der Waals surface area contributed by atoms with Crippen LogP contribution < -0.4 is 0 Å². The average molecular weight is 351 g/mol. The fourth-order valence-electron chi connectivity index (χ4n) is 2.40. The zero-order chi connectivity index (χ0) is 18.4. The number of pyridine rings is 1. The highest BCUT2D eigenvalue weighted by atomic mass is 16.5. The molecule has 0 saturated heterocycles. The van der Waals surface area contributed by atoms with Crippen LogP contribution in [0.25, 0.3) is 11.5 Å². The van der Waals surface area contributed by atoms with Gasteiger partial charge in [-0.25, -0.2) is 0 Å². The van der Waals surface area contributed by atoms with Crippen LogP contribution in [0.1, 0.15) is 43.2 Å². The minimum Gasteiger partial charge on any atom is -0.461 e. The molecule has 0 saturated carbocycles. The number of esters is 1. The van der Waals surface area contributed by atoms with Gasteiger partial charge in [-0.1, -0.05) is 49.3 Å². The van der Waals surface area contributed by atoms with Crippen LogP contribution in [0.15, 0.2) is 53.2 Å². The SMILES string of the molecule is CC(C)c1ccc(COC(=O)CCc2nc(-c3ccccn3)no2)cc1. The van der Waals surface area contributed by atoms with Crippen molar-refractivity contribution in [2.24, 2.45) is 0 Å². The van der Waals surface area contributed by atoms with E-state index in [1.54, 1.807) is 12.3 Å². The van der Waals surface area contributed by atoms with E-state index in [0.717, 1.165) is 5.56 Å². The fraction of sp³-hybridized carbons (Fsp3) is 0.300. The van der Waals surface area contributed by atoms with Gasteiger partial charge in [-0.05, 0) is 29.2 Å². The average Bonchev–Trinajstić information content (AvgIpc) is 3.15. The van der Waals surface area contributed by atoms with E-state index >= 15 is 0 Å². The third-order valence-corrected chi connectivity index (χ3v) is 3.95. The molecule has 0 amide bonds. The molecule has 0 unspecified atom stereocenters. The van der Waals surface area contributed by atoms with Crippen LogP contribution in [0, 0.1) is 0 Å². The van der Waals surface area contributed by atoms with Gasteiger partial charge in [0, 0.05) is 12.6 Å². The van der Waals surface area contributed by atoms with Crippen LogP contribution >= 0.6 is 0 Å². The van der Waals surface area contributed by atoms with E-state index in [9.17, 15) is 4.79 Å². The normalized spacial score (nSPS) is 10.9. The van der Waals surface area contributed by atoms with Crippen molar-refractivity contribution in [3.63, 3.8) is 0 Å². The Morgan fingerprint density at radius 3 is 2.65 bits per heavy atom. The van der Waals surface area contributed by atoms with E-state index in [1.165, 1.54) is 5.56 Å². The topological polar surface area (TPSA) is 78.1 Å². The van der Waals surface area contributed by atoms with Crippen molar-refractivity contribution in [2.45, 2.75) is 39.2 Å². The van der Waals surface area contributed by atoms with Gasteiger partial charge in [0.2, 0.25) is 11.7 Å². The molecular formula is C20H21N3O3. The van der Waals surface area contributed by atoms with Gasteiger partial charge in [-0.3, -0.25) is 9.78 Å². The Labute approximate surface area is 152 Å². The second kappa shape index (κ2) is 8.38. The van der Waals surface area contributed by atoms with E-state index in [2.05, 4.69) is 41.1 Å². The Hall–Kier alpha value is -3.02. The molecule has 3 rings (SSSR count).